The van der Waals surface area contributed by atoms with Crippen LogP contribution in [0, 0.1) is 11.8 Å². The lowest BCUT2D eigenvalue weighted by molar-refractivity contribution is -0.152. The summed E-state index contributed by atoms with van der Waals surface area (Å²) in [5.74, 6) is 0.310. The van der Waals surface area contributed by atoms with Crippen LogP contribution in [0.3, 0.4) is 0 Å². The predicted molar refractivity (Wildman–Crippen MR) is 97.8 cm³/mol. The Hall–Kier alpha value is -1.06. The largest absolute Gasteiger partial charge is 0.465 e. The number of hydrogen-bond donors (Lipinski definition) is 0. The highest BCUT2D eigenvalue weighted by molar-refractivity contribution is 5.77. The summed E-state index contributed by atoms with van der Waals surface area (Å²) in [4.78, 5) is 23.5. The first-order valence-electron chi connectivity index (χ1n) is 9.88. The van der Waals surface area contributed by atoms with Crippen molar-refractivity contribution in [2.45, 2.75) is 91.9 Å². The Morgan fingerprint density at radius 1 is 0.625 bits per heavy atom. The number of carbonyl (C=O) groups is 2. The number of rotatable bonds is 15. The Labute approximate surface area is 148 Å². The minimum Gasteiger partial charge on any atom is -0.465 e. The molecule has 0 saturated carbocycles. The van der Waals surface area contributed by atoms with Crippen LogP contribution in [0.15, 0.2) is 0 Å². The molecule has 0 aliphatic carbocycles. The average Bonchev–Trinajstić information content (AvgIpc) is 2.56. The molecule has 4 nitrogen and oxygen atoms in total. The maximum atomic E-state index is 11.8. The van der Waals surface area contributed by atoms with Gasteiger partial charge in [0.05, 0.1) is 26.1 Å². The van der Waals surface area contributed by atoms with E-state index in [2.05, 4.69) is 27.7 Å². The number of esters is 2. The molecule has 0 aromatic rings. The summed E-state index contributed by atoms with van der Waals surface area (Å²) in [5, 5.41) is 0. The third-order valence-electron chi connectivity index (χ3n) is 4.28. The van der Waals surface area contributed by atoms with E-state index in [0.717, 1.165) is 51.4 Å². The standard InChI is InChI=1S/C20H38O4/c1-5-9-17(10-6-2)15-23-19(21)13-14-20(22)24-16-18(11-7-3)12-8-4/h17-18H,5-16H2,1-4H3. The lowest BCUT2D eigenvalue weighted by Gasteiger charge is -2.16. The average molecular weight is 343 g/mol. The van der Waals surface area contributed by atoms with Gasteiger partial charge in [0.25, 0.3) is 0 Å². The molecule has 0 bridgehead atoms. The molecule has 0 aliphatic rings. The summed E-state index contributed by atoms with van der Waals surface area (Å²) >= 11 is 0. The highest BCUT2D eigenvalue weighted by Gasteiger charge is 2.14. The molecule has 0 spiro atoms. The zero-order chi connectivity index (χ0) is 18.2. The monoisotopic (exact) mass is 342 g/mol. The van der Waals surface area contributed by atoms with Crippen LogP contribution in [0.25, 0.3) is 0 Å². The van der Waals surface area contributed by atoms with E-state index in [1.807, 2.05) is 0 Å². The second kappa shape index (κ2) is 15.5. The van der Waals surface area contributed by atoms with Crippen LogP contribution in [-0.2, 0) is 19.1 Å². The molecule has 0 amide bonds. The van der Waals surface area contributed by atoms with Gasteiger partial charge in [-0.25, -0.2) is 0 Å². The van der Waals surface area contributed by atoms with Gasteiger partial charge in [0, 0.05) is 0 Å². The number of hydrogen-bond acceptors (Lipinski definition) is 4. The molecule has 0 N–H and O–H groups in total. The first-order valence-corrected chi connectivity index (χ1v) is 9.88. The SMILES string of the molecule is CCCC(CCC)COC(=O)CCC(=O)OCC(CCC)CCC. The maximum absolute atomic E-state index is 11.8. The van der Waals surface area contributed by atoms with E-state index in [0.29, 0.717) is 25.0 Å². The normalized spacial score (nSPS) is 11.1. The van der Waals surface area contributed by atoms with Crippen LogP contribution in [0.2, 0.25) is 0 Å². The maximum Gasteiger partial charge on any atom is 0.306 e. The van der Waals surface area contributed by atoms with Crippen LogP contribution in [0.5, 0.6) is 0 Å². The molecule has 0 aromatic carbocycles. The van der Waals surface area contributed by atoms with E-state index < -0.39 is 0 Å². The predicted octanol–water partition coefficient (Wildman–Crippen LogP) is 5.29. The van der Waals surface area contributed by atoms with Gasteiger partial charge in [-0.3, -0.25) is 9.59 Å². The zero-order valence-corrected chi connectivity index (χ0v) is 16.3. The van der Waals surface area contributed by atoms with Crippen LogP contribution < -0.4 is 0 Å². The molecular formula is C20H38O4. The molecule has 0 radical (unpaired) electrons. The van der Waals surface area contributed by atoms with Crippen LogP contribution in [-0.4, -0.2) is 25.2 Å². The topological polar surface area (TPSA) is 52.6 Å². The quantitative estimate of drug-likeness (QED) is 0.380. The van der Waals surface area contributed by atoms with Gasteiger partial charge in [-0.2, -0.15) is 0 Å². The second-order valence-corrected chi connectivity index (χ2v) is 6.75. The lowest BCUT2D eigenvalue weighted by Crippen LogP contribution is -2.17. The summed E-state index contributed by atoms with van der Waals surface area (Å²) in [6.07, 6.45) is 8.98. The summed E-state index contributed by atoms with van der Waals surface area (Å²) in [7, 11) is 0. The molecule has 0 heterocycles. The van der Waals surface area contributed by atoms with Crippen molar-refractivity contribution in [1.82, 2.24) is 0 Å². The van der Waals surface area contributed by atoms with Crippen molar-refractivity contribution in [3.63, 3.8) is 0 Å². The Morgan fingerprint density at radius 3 is 1.17 bits per heavy atom. The number of ether oxygens (including phenoxy) is 2. The molecule has 4 heteroatoms. The molecule has 0 atom stereocenters. The van der Waals surface area contributed by atoms with Gasteiger partial charge in [0.2, 0.25) is 0 Å². The molecule has 24 heavy (non-hydrogen) atoms. The van der Waals surface area contributed by atoms with Gasteiger partial charge >= 0.3 is 11.9 Å². The van der Waals surface area contributed by atoms with Crippen LogP contribution in [0.4, 0.5) is 0 Å². The minimum atomic E-state index is -0.289. The molecule has 0 aromatic heterocycles. The third-order valence-corrected chi connectivity index (χ3v) is 4.28. The van der Waals surface area contributed by atoms with Crippen molar-refractivity contribution in [2.75, 3.05) is 13.2 Å². The van der Waals surface area contributed by atoms with E-state index in [-0.39, 0.29) is 24.8 Å². The molecule has 142 valence electrons. The molecule has 0 aliphatic heterocycles. The smallest absolute Gasteiger partial charge is 0.306 e. The zero-order valence-electron chi connectivity index (χ0n) is 16.3. The van der Waals surface area contributed by atoms with E-state index in [1.165, 1.54) is 0 Å². The van der Waals surface area contributed by atoms with Crippen LogP contribution in [0.1, 0.15) is 91.9 Å². The first kappa shape index (κ1) is 22.9. The minimum absolute atomic E-state index is 0.121. The molecular weight excluding hydrogens is 304 g/mol. The molecule has 0 fully saturated rings. The van der Waals surface area contributed by atoms with E-state index in [1.54, 1.807) is 0 Å². The van der Waals surface area contributed by atoms with Gasteiger partial charge in [-0.15, -0.1) is 0 Å². The van der Waals surface area contributed by atoms with Crippen molar-refractivity contribution < 1.29 is 19.1 Å². The van der Waals surface area contributed by atoms with Crippen molar-refractivity contribution in [1.29, 1.82) is 0 Å². The van der Waals surface area contributed by atoms with Crippen molar-refractivity contribution in [3.8, 4) is 0 Å². The van der Waals surface area contributed by atoms with Gasteiger partial charge < -0.3 is 9.47 Å². The molecule has 0 unspecified atom stereocenters. The van der Waals surface area contributed by atoms with Gasteiger partial charge in [-0.1, -0.05) is 53.4 Å². The molecule has 0 saturated heterocycles. The fourth-order valence-corrected chi connectivity index (χ4v) is 3.03. The van der Waals surface area contributed by atoms with E-state index in [9.17, 15) is 9.59 Å². The fourth-order valence-electron chi connectivity index (χ4n) is 3.03. The summed E-state index contributed by atoms with van der Waals surface area (Å²) in [6.45, 7) is 9.53. The van der Waals surface area contributed by atoms with E-state index >= 15 is 0 Å². The Bertz CT molecular complexity index is 284. The van der Waals surface area contributed by atoms with Crippen molar-refractivity contribution >= 4 is 11.9 Å². The first-order chi connectivity index (χ1) is 11.6. The Kier molecular flexibility index (Phi) is 14.8. The summed E-state index contributed by atoms with van der Waals surface area (Å²) < 4.78 is 10.6. The summed E-state index contributed by atoms with van der Waals surface area (Å²) in [6, 6.07) is 0. The highest BCUT2D eigenvalue weighted by atomic mass is 16.5. The van der Waals surface area contributed by atoms with E-state index in [4.69, 9.17) is 9.47 Å². The molecule has 0 rings (SSSR count). The third kappa shape index (κ3) is 12.4. The van der Waals surface area contributed by atoms with Crippen molar-refractivity contribution in [2.24, 2.45) is 11.8 Å². The van der Waals surface area contributed by atoms with Gasteiger partial charge in [-0.05, 0) is 37.5 Å². The number of carbonyl (C=O) groups excluding carboxylic acids is 2. The van der Waals surface area contributed by atoms with Gasteiger partial charge in [0.15, 0.2) is 0 Å². The van der Waals surface area contributed by atoms with Gasteiger partial charge in [0.1, 0.15) is 0 Å². The van der Waals surface area contributed by atoms with Crippen LogP contribution >= 0.6 is 0 Å². The van der Waals surface area contributed by atoms with Crippen molar-refractivity contribution in [3.05, 3.63) is 0 Å². The second-order valence-electron chi connectivity index (χ2n) is 6.75. The Morgan fingerprint density at radius 2 is 0.917 bits per heavy atom. The summed E-state index contributed by atoms with van der Waals surface area (Å²) in [5.41, 5.74) is 0. The lowest BCUT2D eigenvalue weighted by atomic mass is 9.99. The fraction of sp³-hybridized carbons (Fsp3) is 0.900. The highest BCUT2D eigenvalue weighted by Crippen LogP contribution is 2.15. The Balaban J connectivity index is 3.93.